The number of aromatic hydroxyl groups is 1. The Hall–Kier alpha value is -2.11. The Morgan fingerprint density at radius 3 is 2.85 bits per heavy atom. The fraction of sp³-hybridized carbons (Fsp3) is 0.429. The molecule has 0 bridgehead atoms. The number of ether oxygens (including phenoxy) is 1. The van der Waals surface area contributed by atoms with Crippen LogP contribution < -0.4 is 0 Å². The predicted molar refractivity (Wildman–Crippen MR) is 68.7 cm³/mol. The molecule has 6 heteroatoms. The van der Waals surface area contributed by atoms with E-state index in [1.807, 2.05) is 0 Å². The van der Waals surface area contributed by atoms with E-state index in [0.29, 0.717) is 19.4 Å². The molecule has 1 aromatic carbocycles. The van der Waals surface area contributed by atoms with E-state index >= 15 is 0 Å². The van der Waals surface area contributed by atoms with E-state index in [-0.39, 0.29) is 29.7 Å². The molecule has 1 N–H and O–H groups in total. The predicted octanol–water partition coefficient (Wildman–Crippen LogP) is 1.56. The van der Waals surface area contributed by atoms with Gasteiger partial charge in [-0.2, -0.15) is 0 Å². The monoisotopic (exact) mass is 281 g/mol. The molecule has 0 aliphatic carbocycles. The van der Waals surface area contributed by atoms with Gasteiger partial charge in [-0.15, -0.1) is 0 Å². The number of amides is 1. The molecule has 0 radical (unpaired) electrons. The van der Waals surface area contributed by atoms with E-state index in [1.54, 1.807) is 0 Å². The first kappa shape index (κ1) is 14.3. The molecular weight excluding hydrogens is 265 g/mol. The molecule has 1 fully saturated rings. The number of likely N-dealkylation sites (tertiary alicyclic amines) is 1. The lowest BCUT2D eigenvalue weighted by Gasteiger charge is -2.31. The molecule has 1 saturated heterocycles. The Bertz CT molecular complexity index is 532. The molecule has 1 atom stereocenters. The largest absolute Gasteiger partial charge is 0.508 e. The highest BCUT2D eigenvalue weighted by molar-refractivity contribution is 5.95. The van der Waals surface area contributed by atoms with Gasteiger partial charge in [0.1, 0.15) is 11.6 Å². The summed E-state index contributed by atoms with van der Waals surface area (Å²) in [6.45, 7) is 0.707. The van der Waals surface area contributed by atoms with Crippen LogP contribution in [-0.4, -0.2) is 42.1 Å². The van der Waals surface area contributed by atoms with Crippen molar-refractivity contribution in [1.29, 1.82) is 0 Å². The minimum absolute atomic E-state index is 0.103. The van der Waals surface area contributed by atoms with Gasteiger partial charge in [0.2, 0.25) is 0 Å². The van der Waals surface area contributed by atoms with E-state index in [4.69, 9.17) is 5.11 Å². The van der Waals surface area contributed by atoms with Crippen LogP contribution in [0, 0.1) is 11.7 Å². The molecule has 1 unspecified atom stereocenters. The normalized spacial score (nSPS) is 18.7. The van der Waals surface area contributed by atoms with E-state index in [0.717, 1.165) is 6.07 Å². The van der Waals surface area contributed by atoms with Crippen molar-refractivity contribution < 1.29 is 23.8 Å². The third kappa shape index (κ3) is 2.89. The van der Waals surface area contributed by atoms with Gasteiger partial charge in [-0.3, -0.25) is 9.59 Å². The number of phenols is 1. The summed E-state index contributed by atoms with van der Waals surface area (Å²) in [5.74, 6) is -2.19. The topological polar surface area (TPSA) is 66.8 Å². The highest BCUT2D eigenvalue weighted by Gasteiger charge is 2.30. The fourth-order valence-electron chi connectivity index (χ4n) is 2.37. The number of hydrogen-bond acceptors (Lipinski definition) is 4. The smallest absolute Gasteiger partial charge is 0.310 e. The molecule has 0 spiro atoms. The van der Waals surface area contributed by atoms with Crippen LogP contribution in [0.2, 0.25) is 0 Å². The number of piperidine rings is 1. The van der Waals surface area contributed by atoms with Gasteiger partial charge >= 0.3 is 5.97 Å². The number of benzene rings is 1. The first-order chi connectivity index (χ1) is 9.52. The third-order valence-electron chi connectivity index (χ3n) is 3.43. The van der Waals surface area contributed by atoms with Gasteiger partial charge in [0.25, 0.3) is 5.91 Å². The average molecular weight is 281 g/mol. The van der Waals surface area contributed by atoms with E-state index in [9.17, 15) is 14.0 Å². The Kier molecular flexibility index (Phi) is 4.22. The van der Waals surface area contributed by atoms with Crippen LogP contribution in [-0.2, 0) is 9.53 Å². The van der Waals surface area contributed by atoms with E-state index in [2.05, 4.69) is 4.74 Å². The lowest BCUT2D eigenvalue weighted by atomic mass is 9.97. The SMILES string of the molecule is COC(=O)C1CCCN(C(=O)c2ccc(O)cc2F)C1. The van der Waals surface area contributed by atoms with E-state index in [1.165, 1.54) is 24.1 Å². The highest BCUT2D eigenvalue weighted by Crippen LogP contribution is 2.22. The third-order valence-corrected chi connectivity index (χ3v) is 3.43. The lowest BCUT2D eigenvalue weighted by Crippen LogP contribution is -2.42. The molecule has 0 saturated carbocycles. The number of esters is 1. The van der Waals surface area contributed by atoms with Crippen molar-refractivity contribution in [1.82, 2.24) is 4.90 Å². The first-order valence-corrected chi connectivity index (χ1v) is 6.38. The van der Waals surface area contributed by atoms with Gasteiger partial charge < -0.3 is 14.7 Å². The molecule has 20 heavy (non-hydrogen) atoms. The molecule has 108 valence electrons. The second kappa shape index (κ2) is 5.90. The average Bonchev–Trinajstić information content (AvgIpc) is 2.46. The van der Waals surface area contributed by atoms with Gasteiger partial charge in [-0.25, -0.2) is 4.39 Å². The number of carbonyl (C=O) groups is 2. The quantitative estimate of drug-likeness (QED) is 0.835. The number of rotatable bonds is 2. The molecule has 5 nitrogen and oxygen atoms in total. The molecule has 1 aliphatic rings. The lowest BCUT2D eigenvalue weighted by molar-refractivity contribution is -0.146. The standard InChI is InChI=1S/C14H16FNO4/c1-20-14(19)9-3-2-6-16(8-9)13(18)11-5-4-10(17)7-12(11)15/h4-5,7,9,17H,2-3,6,8H2,1H3. The van der Waals surface area contributed by atoms with Crippen LogP contribution in [0.5, 0.6) is 5.75 Å². The maximum atomic E-state index is 13.7. The van der Waals surface area contributed by atoms with Crippen molar-refractivity contribution in [3.8, 4) is 5.75 Å². The van der Waals surface area contributed by atoms with Crippen molar-refractivity contribution >= 4 is 11.9 Å². The van der Waals surface area contributed by atoms with Crippen LogP contribution >= 0.6 is 0 Å². The summed E-state index contributed by atoms with van der Waals surface area (Å²) >= 11 is 0. The zero-order valence-electron chi connectivity index (χ0n) is 11.1. The number of carbonyl (C=O) groups excluding carboxylic acids is 2. The number of hydrogen-bond donors (Lipinski definition) is 1. The molecular formula is C14H16FNO4. The summed E-state index contributed by atoms with van der Waals surface area (Å²) in [4.78, 5) is 25.2. The van der Waals surface area contributed by atoms with Crippen LogP contribution in [0.25, 0.3) is 0 Å². The van der Waals surface area contributed by atoms with Crippen LogP contribution in [0.4, 0.5) is 4.39 Å². The number of phenolic OH excluding ortho intramolecular Hbond substituents is 1. The Balaban J connectivity index is 2.14. The number of halogens is 1. The summed E-state index contributed by atoms with van der Waals surface area (Å²) in [5, 5.41) is 9.15. The maximum absolute atomic E-state index is 13.7. The van der Waals surface area contributed by atoms with Crippen LogP contribution in [0.3, 0.4) is 0 Å². The van der Waals surface area contributed by atoms with Gasteiger partial charge in [0.15, 0.2) is 0 Å². The van der Waals surface area contributed by atoms with Crippen LogP contribution in [0.1, 0.15) is 23.2 Å². The maximum Gasteiger partial charge on any atom is 0.310 e. The zero-order chi connectivity index (χ0) is 14.7. The summed E-state index contributed by atoms with van der Waals surface area (Å²) < 4.78 is 18.4. The Labute approximate surface area is 116 Å². The molecule has 1 amide bonds. The van der Waals surface area contributed by atoms with Crippen LogP contribution in [0.15, 0.2) is 18.2 Å². The minimum atomic E-state index is -0.768. The fourth-order valence-corrected chi connectivity index (χ4v) is 2.37. The van der Waals surface area contributed by atoms with Crippen molar-refractivity contribution in [2.24, 2.45) is 5.92 Å². The highest BCUT2D eigenvalue weighted by atomic mass is 19.1. The van der Waals surface area contributed by atoms with Crippen molar-refractivity contribution in [2.45, 2.75) is 12.8 Å². The second-order valence-electron chi connectivity index (χ2n) is 4.78. The molecule has 1 aliphatic heterocycles. The van der Waals surface area contributed by atoms with Gasteiger partial charge in [-0.1, -0.05) is 0 Å². The summed E-state index contributed by atoms with van der Waals surface area (Å²) in [6.07, 6.45) is 1.33. The molecule has 0 aromatic heterocycles. The summed E-state index contributed by atoms with van der Waals surface area (Å²) in [6, 6.07) is 3.40. The molecule has 1 aromatic rings. The van der Waals surface area contributed by atoms with Gasteiger partial charge in [0, 0.05) is 19.2 Å². The first-order valence-electron chi connectivity index (χ1n) is 6.38. The molecule has 1 heterocycles. The Morgan fingerprint density at radius 2 is 2.20 bits per heavy atom. The summed E-state index contributed by atoms with van der Waals surface area (Å²) in [7, 11) is 1.31. The van der Waals surface area contributed by atoms with Crippen molar-refractivity contribution in [3.05, 3.63) is 29.6 Å². The zero-order valence-corrected chi connectivity index (χ0v) is 11.1. The van der Waals surface area contributed by atoms with Gasteiger partial charge in [0.05, 0.1) is 18.6 Å². The number of nitrogens with zero attached hydrogens (tertiary/aromatic N) is 1. The Morgan fingerprint density at radius 1 is 1.45 bits per heavy atom. The molecule has 2 rings (SSSR count). The van der Waals surface area contributed by atoms with E-state index < -0.39 is 11.7 Å². The summed E-state index contributed by atoms with van der Waals surface area (Å²) in [5.41, 5.74) is -0.103. The van der Waals surface area contributed by atoms with Crippen molar-refractivity contribution in [3.63, 3.8) is 0 Å². The van der Waals surface area contributed by atoms with Gasteiger partial charge in [-0.05, 0) is 25.0 Å². The van der Waals surface area contributed by atoms with Crippen molar-refractivity contribution in [2.75, 3.05) is 20.2 Å². The number of methoxy groups -OCH3 is 1. The minimum Gasteiger partial charge on any atom is -0.508 e. The second-order valence-corrected chi connectivity index (χ2v) is 4.78.